The number of alkyl halides is 3. The normalized spacial score (nSPS) is 36.7. The van der Waals surface area contributed by atoms with Crippen LogP contribution in [0.2, 0.25) is 0 Å². The van der Waals surface area contributed by atoms with Gasteiger partial charge in [0.2, 0.25) is 0 Å². The van der Waals surface area contributed by atoms with Gasteiger partial charge in [0.15, 0.2) is 0 Å². The van der Waals surface area contributed by atoms with E-state index in [1.807, 2.05) is 0 Å². The molecule has 1 amide bonds. The molecule has 4 nitrogen and oxygen atoms in total. The van der Waals surface area contributed by atoms with Crippen LogP contribution in [0.3, 0.4) is 0 Å². The number of hydrogen-bond acceptors (Lipinski definition) is 3. The molecule has 0 saturated heterocycles. The van der Waals surface area contributed by atoms with Crippen molar-refractivity contribution in [2.45, 2.75) is 41.3 Å². The summed E-state index contributed by atoms with van der Waals surface area (Å²) in [6.07, 6.45) is -1.07. The zero-order valence-electron chi connectivity index (χ0n) is 8.01. The highest BCUT2D eigenvalue weighted by Gasteiger charge is 2.47. The van der Waals surface area contributed by atoms with E-state index in [1.54, 1.807) is 6.92 Å². The molecule has 0 heterocycles. The zero-order valence-corrected chi connectivity index (χ0v) is 10.3. The molecular formula is C8H12Cl3NO3. The van der Waals surface area contributed by atoms with Gasteiger partial charge in [-0.25, -0.2) is 0 Å². The van der Waals surface area contributed by atoms with Crippen molar-refractivity contribution in [3.8, 4) is 0 Å². The van der Waals surface area contributed by atoms with Crippen LogP contribution in [0.15, 0.2) is 0 Å². The van der Waals surface area contributed by atoms with Crippen molar-refractivity contribution in [1.82, 2.24) is 5.32 Å². The minimum atomic E-state index is -2.06. The Hall–Kier alpha value is 0.260. The highest BCUT2D eigenvalue weighted by molar-refractivity contribution is 6.76. The molecule has 1 fully saturated rings. The van der Waals surface area contributed by atoms with E-state index in [1.165, 1.54) is 0 Å². The molecule has 0 aromatic rings. The quantitative estimate of drug-likeness (QED) is 0.619. The fourth-order valence-corrected chi connectivity index (χ4v) is 1.79. The van der Waals surface area contributed by atoms with E-state index >= 15 is 0 Å². The average molecular weight is 277 g/mol. The monoisotopic (exact) mass is 275 g/mol. The molecule has 1 saturated carbocycles. The fourth-order valence-electron chi connectivity index (χ4n) is 1.64. The van der Waals surface area contributed by atoms with E-state index in [2.05, 4.69) is 5.32 Å². The van der Waals surface area contributed by atoms with E-state index in [4.69, 9.17) is 34.8 Å². The summed E-state index contributed by atoms with van der Waals surface area (Å²) in [7, 11) is 0. The van der Waals surface area contributed by atoms with Gasteiger partial charge in [-0.3, -0.25) is 4.79 Å². The summed E-state index contributed by atoms with van der Waals surface area (Å²) in [5.41, 5.74) is -0.944. The van der Waals surface area contributed by atoms with Crippen LogP contribution in [0, 0.1) is 0 Å². The number of halogens is 3. The Morgan fingerprint density at radius 2 is 2.00 bits per heavy atom. The van der Waals surface area contributed by atoms with Gasteiger partial charge in [-0.15, -0.1) is 0 Å². The van der Waals surface area contributed by atoms with Crippen molar-refractivity contribution in [3.05, 3.63) is 0 Å². The van der Waals surface area contributed by atoms with E-state index in [0.717, 1.165) is 0 Å². The molecule has 88 valence electrons. The first kappa shape index (κ1) is 13.3. The molecule has 1 aliphatic carbocycles. The van der Waals surface area contributed by atoms with Crippen molar-refractivity contribution < 1.29 is 15.0 Å². The Balaban J connectivity index is 2.70. The number of aliphatic hydroxyl groups is 2. The van der Waals surface area contributed by atoms with Gasteiger partial charge < -0.3 is 15.5 Å². The lowest BCUT2D eigenvalue weighted by Gasteiger charge is -2.31. The lowest BCUT2D eigenvalue weighted by Crippen LogP contribution is -2.56. The lowest BCUT2D eigenvalue weighted by atomic mass is 9.97. The molecular weight excluding hydrogens is 264 g/mol. The smallest absolute Gasteiger partial charge is 0.272 e. The predicted molar refractivity (Wildman–Crippen MR) is 58.1 cm³/mol. The second-order valence-electron chi connectivity index (χ2n) is 3.92. The van der Waals surface area contributed by atoms with Gasteiger partial charge >= 0.3 is 0 Å². The zero-order chi connectivity index (χ0) is 11.9. The van der Waals surface area contributed by atoms with Crippen LogP contribution in [-0.4, -0.2) is 37.7 Å². The van der Waals surface area contributed by atoms with Gasteiger partial charge in [0.25, 0.3) is 9.70 Å². The molecule has 1 rings (SSSR count). The molecule has 0 unspecified atom stereocenters. The van der Waals surface area contributed by atoms with Gasteiger partial charge in [-0.2, -0.15) is 0 Å². The Morgan fingerprint density at radius 3 is 2.33 bits per heavy atom. The van der Waals surface area contributed by atoms with E-state index < -0.39 is 27.4 Å². The van der Waals surface area contributed by atoms with E-state index in [0.29, 0.717) is 12.8 Å². The van der Waals surface area contributed by atoms with Crippen molar-refractivity contribution in [2.24, 2.45) is 0 Å². The largest absolute Gasteiger partial charge is 0.390 e. The topological polar surface area (TPSA) is 69.6 Å². The van der Waals surface area contributed by atoms with E-state index in [9.17, 15) is 15.0 Å². The number of nitrogens with one attached hydrogen (secondary N) is 1. The number of hydrogen-bond donors (Lipinski definition) is 3. The number of carbonyl (C=O) groups is 1. The van der Waals surface area contributed by atoms with Crippen LogP contribution in [0.25, 0.3) is 0 Å². The average Bonchev–Trinajstić information content (AvgIpc) is 2.32. The van der Waals surface area contributed by atoms with Crippen molar-refractivity contribution in [2.75, 3.05) is 0 Å². The molecule has 0 aliphatic heterocycles. The Kier molecular flexibility index (Phi) is 3.78. The molecule has 0 bridgehead atoms. The van der Waals surface area contributed by atoms with Crippen molar-refractivity contribution in [1.29, 1.82) is 0 Å². The SMILES string of the molecule is C[C@@]1(NC(=O)C(Cl)(Cl)Cl)CC[C@H](O)[C@@H]1O. The summed E-state index contributed by atoms with van der Waals surface area (Å²) in [6.45, 7) is 1.60. The number of rotatable bonds is 1. The third-order valence-corrected chi connectivity index (χ3v) is 3.15. The molecule has 7 heteroatoms. The predicted octanol–water partition coefficient (Wildman–Crippen LogP) is 0.747. The third-order valence-electron chi connectivity index (χ3n) is 2.63. The molecule has 1 aliphatic rings. The third kappa shape index (κ3) is 2.88. The lowest BCUT2D eigenvalue weighted by molar-refractivity contribution is -0.123. The molecule has 3 atom stereocenters. The molecule has 0 radical (unpaired) electrons. The molecule has 3 N–H and O–H groups in total. The second-order valence-corrected chi connectivity index (χ2v) is 6.20. The van der Waals surface area contributed by atoms with Crippen molar-refractivity contribution in [3.63, 3.8) is 0 Å². The standard InChI is InChI=1S/C8H12Cl3NO3/c1-7(3-2-4(13)5(7)14)12-6(15)8(9,10)11/h4-5,13-14H,2-3H2,1H3,(H,12,15)/t4-,5-,7+/m0/s1. The molecule has 15 heavy (non-hydrogen) atoms. The number of aliphatic hydroxyl groups excluding tert-OH is 2. The first-order chi connectivity index (χ1) is 6.67. The Morgan fingerprint density at radius 1 is 1.47 bits per heavy atom. The number of amides is 1. The molecule has 0 aromatic heterocycles. The van der Waals surface area contributed by atoms with Gasteiger partial charge in [-0.1, -0.05) is 34.8 Å². The van der Waals surface area contributed by atoms with Crippen LogP contribution in [0.1, 0.15) is 19.8 Å². The summed E-state index contributed by atoms with van der Waals surface area (Å²) in [4.78, 5) is 11.4. The maximum atomic E-state index is 11.4. The first-order valence-electron chi connectivity index (χ1n) is 4.42. The fraction of sp³-hybridized carbons (Fsp3) is 0.875. The summed E-state index contributed by atoms with van der Waals surface area (Å²) in [5, 5.41) is 21.4. The first-order valence-corrected chi connectivity index (χ1v) is 5.56. The summed E-state index contributed by atoms with van der Waals surface area (Å²) >= 11 is 16.1. The molecule has 0 spiro atoms. The minimum Gasteiger partial charge on any atom is -0.390 e. The van der Waals surface area contributed by atoms with Crippen LogP contribution < -0.4 is 5.32 Å². The van der Waals surface area contributed by atoms with E-state index in [-0.39, 0.29) is 0 Å². The minimum absolute atomic E-state index is 0.401. The number of carbonyl (C=O) groups excluding carboxylic acids is 1. The highest BCUT2D eigenvalue weighted by atomic mass is 35.6. The van der Waals surface area contributed by atoms with Crippen LogP contribution in [-0.2, 0) is 4.79 Å². The summed E-state index contributed by atoms with van der Waals surface area (Å²) in [5.74, 6) is -0.803. The van der Waals surface area contributed by atoms with Crippen LogP contribution in [0.4, 0.5) is 0 Å². The molecule has 0 aromatic carbocycles. The van der Waals surface area contributed by atoms with Crippen LogP contribution >= 0.6 is 34.8 Å². The summed E-state index contributed by atoms with van der Waals surface area (Å²) < 4.78 is -2.06. The summed E-state index contributed by atoms with van der Waals surface area (Å²) in [6, 6.07) is 0. The van der Waals surface area contributed by atoms with Gasteiger partial charge in [0.05, 0.1) is 11.6 Å². The van der Waals surface area contributed by atoms with Gasteiger partial charge in [0.1, 0.15) is 6.10 Å². The van der Waals surface area contributed by atoms with Gasteiger partial charge in [0, 0.05) is 0 Å². The van der Waals surface area contributed by atoms with Crippen LogP contribution in [0.5, 0.6) is 0 Å². The second kappa shape index (κ2) is 4.26. The highest BCUT2D eigenvalue weighted by Crippen LogP contribution is 2.33. The Labute approximate surface area is 102 Å². The Bertz CT molecular complexity index is 268. The maximum absolute atomic E-state index is 11.4. The van der Waals surface area contributed by atoms with Gasteiger partial charge in [-0.05, 0) is 19.8 Å². The van der Waals surface area contributed by atoms with Crippen molar-refractivity contribution >= 4 is 40.7 Å². The maximum Gasteiger partial charge on any atom is 0.272 e.